The first-order valence-electron chi connectivity index (χ1n) is 5.31. The van der Waals surface area contributed by atoms with Crippen molar-refractivity contribution in [3.8, 4) is 0 Å². The van der Waals surface area contributed by atoms with E-state index in [4.69, 9.17) is 0 Å². The van der Waals surface area contributed by atoms with Crippen molar-refractivity contribution in [2.45, 2.75) is 26.3 Å². The molecule has 0 bridgehead atoms. The smallest absolute Gasteiger partial charge is 0.128 e. The summed E-state index contributed by atoms with van der Waals surface area (Å²) < 4.78 is 13.6. The predicted octanol–water partition coefficient (Wildman–Crippen LogP) is 3.36. The molecule has 1 unspecified atom stereocenters. The van der Waals surface area contributed by atoms with Crippen LogP contribution in [0.3, 0.4) is 0 Å². The van der Waals surface area contributed by atoms with Gasteiger partial charge in [0.2, 0.25) is 0 Å². The summed E-state index contributed by atoms with van der Waals surface area (Å²) in [6, 6.07) is 5.20. The Balaban J connectivity index is 2.86. The molecule has 0 saturated heterocycles. The largest absolute Gasteiger partial charge is 0.307 e. The zero-order valence-electron chi connectivity index (χ0n) is 9.39. The third-order valence-electron chi connectivity index (χ3n) is 2.34. The summed E-state index contributed by atoms with van der Waals surface area (Å²) in [5.74, 6) is -0.163. The van der Waals surface area contributed by atoms with E-state index in [1.165, 1.54) is 0 Å². The quantitative estimate of drug-likeness (QED) is 0.730. The molecule has 0 saturated carbocycles. The highest BCUT2D eigenvalue weighted by molar-refractivity contribution is 5.28. The van der Waals surface area contributed by atoms with Crippen LogP contribution in [0, 0.1) is 12.7 Å². The minimum atomic E-state index is -0.163. The van der Waals surface area contributed by atoms with E-state index in [2.05, 4.69) is 18.8 Å². The zero-order valence-corrected chi connectivity index (χ0v) is 9.39. The lowest BCUT2D eigenvalue weighted by atomic mass is 10.0. The Morgan fingerprint density at radius 3 is 2.80 bits per heavy atom. The molecule has 0 radical (unpaired) electrons. The van der Waals surface area contributed by atoms with Gasteiger partial charge in [-0.05, 0) is 31.5 Å². The average Bonchev–Trinajstić information content (AvgIpc) is 2.21. The van der Waals surface area contributed by atoms with Crippen LogP contribution in [0.4, 0.5) is 4.39 Å². The molecule has 1 N–H and O–H groups in total. The molecule has 0 aliphatic heterocycles. The number of halogens is 1. The minimum absolute atomic E-state index is 0.0921. The van der Waals surface area contributed by atoms with Crippen molar-refractivity contribution in [3.05, 3.63) is 47.8 Å². The van der Waals surface area contributed by atoms with Crippen molar-refractivity contribution in [3.63, 3.8) is 0 Å². The first kappa shape index (κ1) is 11.9. The van der Waals surface area contributed by atoms with Gasteiger partial charge in [0.15, 0.2) is 0 Å². The monoisotopic (exact) mass is 207 g/mol. The van der Waals surface area contributed by atoms with E-state index in [9.17, 15) is 4.39 Å². The lowest BCUT2D eigenvalue weighted by Crippen LogP contribution is -2.21. The first-order chi connectivity index (χ1) is 7.19. The van der Waals surface area contributed by atoms with Crippen LogP contribution < -0.4 is 5.32 Å². The third kappa shape index (κ3) is 3.17. The molecular formula is C13H18FN. The van der Waals surface area contributed by atoms with Crippen LogP contribution >= 0.6 is 0 Å². The molecule has 0 heterocycles. The molecule has 0 amide bonds. The summed E-state index contributed by atoms with van der Waals surface area (Å²) in [5, 5.41) is 3.24. The lowest BCUT2D eigenvalue weighted by molar-refractivity contribution is 0.555. The average molecular weight is 207 g/mol. The molecule has 1 nitrogen and oxygen atoms in total. The maximum atomic E-state index is 13.6. The fraction of sp³-hybridized carbons (Fsp3) is 0.385. The summed E-state index contributed by atoms with van der Waals surface area (Å²) in [6.45, 7) is 8.56. The summed E-state index contributed by atoms with van der Waals surface area (Å²) in [5.41, 5.74) is 1.61. The van der Waals surface area contributed by atoms with Gasteiger partial charge in [-0.15, -0.1) is 6.58 Å². The van der Waals surface area contributed by atoms with Crippen LogP contribution in [-0.4, -0.2) is 6.54 Å². The summed E-state index contributed by atoms with van der Waals surface area (Å²) >= 11 is 0. The summed E-state index contributed by atoms with van der Waals surface area (Å²) in [7, 11) is 0. The number of nitrogens with one attached hydrogen (secondary N) is 1. The standard InChI is InChI=1S/C13H18FN/c1-4-8-15-13(5-2)11-7-6-10(3)9-12(11)14/h5-7,9,13,15H,2,4,8H2,1,3H3. The van der Waals surface area contributed by atoms with Gasteiger partial charge in [-0.1, -0.05) is 25.1 Å². The van der Waals surface area contributed by atoms with Crippen molar-refractivity contribution in [2.75, 3.05) is 6.54 Å². The number of hydrogen-bond donors (Lipinski definition) is 1. The van der Waals surface area contributed by atoms with Gasteiger partial charge in [-0.3, -0.25) is 0 Å². The van der Waals surface area contributed by atoms with Gasteiger partial charge in [-0.2, -0.15) is 0 Å². The van der Waals surface area contributed by atoms with Gasteiger partial charge < -0.3 is 5.32 Å². The molecule has 1 atom stereocenters. The minimum Gasteiger partial charge on any atom is -0.307 e. The third-order valence-corrected chi connectivity index (χ3v) is 2.34. The highest BCUT2D eigenvalue weighted by Crippen LogP contribution is 2.19. The maximum Gasteiger partial charge on any atom is 0.128 e. The highest BCUT2D eigenvalue weighted by atomic mass is 19.1. The summed E-state index contributed by atoms with van der Waals surface area (Å²) in [6.07, 6.45) is 2.77. The molecule has 0 aliphatic carbocycles. The van der Waals surface area contributed by atoms with E-state index in [-0.39, 0.29) is 11.9 Å². The van der Waals surface area contributed by atoms with Crippen molar-refractivity contribution >= 4 is 0 Å². The second-order valence-corrected chi connectivity index (χ2v) is 3.69. The molecule has 2 heteroatoms. The van der Waals surface area contributed by atoms with E-state index in [1.807, 2.05) is 19.1 Å². The number of benzene rings is 1. The SMILES string of the molecule is C=CC(NCCC)c1ccc(C)cc1F. The van der Waals surface area contributed by atoms with Crippen LogP contribution in [0.1, 0.15) is 30.5 Å². The van der Waals surface area contributed by atoms with Gasteiger partial charge >= 0.3 is 0 Å². The van der Waals surface area contributed by atoms with Gasteiger partial charge in [0.05, 0.1) is 6.04 Å². The number of rotatable bonds is 5. The maximum absolute atomic E-state index is 13.6. The van der Waals surface area contributed by atoms with Crippen LogP contribution in [0.2, 0.25) is 0 Å². The predicted molar refractivity (Wildman–Crippen MR) is 62.4 cm³/mol. The molecule has 0 aliphatic rings. The topological polar surface area (TPSA) is 12.0 Å². The zero-order chi connectivity index (χ0) is 11.3. The molecular weight excluding hydrogens is 189 g/mol. The van der Waals surface area contributed by atoms with E-state index < -0.39 is 0 Å². The molecule has 0 spiro atoms. The molecule has 1 aromatic rings. The molecule has 0 aromatic heterocycles. The van der Waals surface area contributed by atoms with E-state index in [1.54, 1.807) is 12.1 Å². The fourth-order valence-corrected chi connectivity index (χ4v) is 1.50. The molecule has 15 heavy (non-hydrogen) atoms. The Hall–Kier alpha value is -1.15. The van der Waals surface area contributed by atoms with Gasteiger partial charge in [0.25, 0.3) is 0 Å². The van der Waals surface area contributed by atoms with Crippen molar-refractivity contribution in [1.82, 2.24) is 5.32 Å². The van der Waals surface area contributed by atoms with Crippen molar-refractivity contribution in [2.24, 2.45) is 0 Å². The molecule has 82 valence electrons. The second-order valence-electron chi connectivity index (χ2n) is 3.69. The van der Waals surface area contributed by atoms with E-state index in [0.717, 1.165) is 18.5 Å². The van der Waals surface area contributed by atoms with Crippen LogP contribution in [0.25, 0.3) is 0 Å². The normalized spacial score (nSPS) is 12.5. The van der Waals surface area contributed by atoms with Crippen molar-refractivity contribution in [1.29, 1.82) is 0 Å². The lowest BCUT2D eigenvalue weighted by Gasteiger charge is -2.15. The molecule has 0 fully saturated rings. The first-order valence-corrected chi connectivity index (χ1v) is 5.31. The molecule has 1 aromatic carbocycles. The van der Waals surface area contributed by atoms with Crippen molar-refractivity contribution < 1.29 is 4.39 Å². The molecule has 1 rings (SSSR count). The van der Waals surface area contributed by atoms with E-state index in [0.29, 0.717) is 5.56 Å². The Bertz CT molecular complexity index is 333. The van der Waals surface area contributed by atoms with Crippen LogP contribution in [0.5, 0.6) is 0 Å². The highest BCUT2D eigenvalue weighted by Gasteiger charge is 2.10. The Morgan fingerprint density at radius 1 is 1.53 bits per heavy atom. The number of aryl methyl sites for hydroxylation is 1. The number of hydrogen-bond acceptors (Lipinski definition) is 1. The summed E-state index contributed by atoms with van der Waals surface area (Å²) in [4.78, 5) is 0. The van der Waals surface area contributed by atoms with Gasteiger partial charge in [0.1, 0.15) is 5.82 Å². The Kier molecular flexibility index (Phi) is 4.50. The Morgan fingerprint density at radius 2 is 2.27 bits per heavy atom. The van der Waals surface area contributed by atoms with Crippen LogP contribution in [-0.2, 0) is 0 Å². The van der Waals surface area contributed by atoms with Crippen LogP contribution in [0.15, 0.2) is 30.9 Å². The van der Waals surface area contributed by atoms with Gasteiger partial charge in [-0.25, -0.2) is 4.39 Å². The second kappa shape index (κ2) is 5.66. The van der Waals surface area contributed by atoms with Gasteiger partial charge in [0, 0.05) is 5.56 Å². The van der Waals surface area contributed by atoms with E-state index >= 15 is 0 Å². The Labute approximate surface area is 91.0 Å². The fourth-order valence-electron chi connectivity index (χ4n) is 1.50.